The number of aromatic nitrogens is 1. The molecule has 2 rings (SSSR count). The van der Waals surface area contributed by atoms with Gasteiger partial charge in [-0.05, 0) is 43.2 Å². The maximum absolute atomic E-state index is 6.10. The maximum Gasteiger partial charge on any atom is 0.221 e. The van der Waals surface area contributed by atoms with Crippen LogP contribution >= 0.6 is 11.6 Å². The van der Waals surface area contributed by atoms with Gasteiger partial charge in [-0.3, -0.25) is 0 Å². The molecule has 0 unspecified atom stereocenters. The highest BCUT2D eigenvalue weighted by Crippen LogP contribution is 2.28. The lowest BCUT2D eigenvalue weighted by Gasteiger charge is -2.09. The molecule has 2 aromatic rings. The number of nitrogens with one attached hydrogen (secondary N) is 1. The van der Waals surface area contributed by atoms with Crippen LogP contribution in [0.2, 0.25) is 5.02 Å². The smallest absolute Gasteiger partial charge is 0.221 e. The Bertz CT molecular complexity index is 549. The van der Waals surface area contributed by atoms with E-state index in [0.717, 1.165) is 16.1 Å². The van der Waals surface area contributed by atoms with E-state index in [0.29, 0.717) is 17.4 Å². The fourth-order valence-corrected chi connectivity index (χ4v) is 1.75. The van der Waals surface area contributed by atoms with Gasteiger partial charge in [0.2, 0.25) is 5.88 Å². The molecule has 5 heteroatoms. The molecule has 0 amide bonds. The van der Waals surface area contributed by atoms with Crippen LogP contribution in [0.1, 0.15) is 11.1 Å². The Kier molecular flexibility index (Phi) is 3.69. The standard InChI is InChI=1S/C13H14ClN3O/c1-8-6-10(7-9(2)13(8)14)18-12-5-3-4-11(16-12)17-15/h3-7H,15H2,1-2H3,(H,16,17). The molecular weight excluding hydrogens is 250 g/mol. The summed E-state index contributed by atoms with van der Waals surface area (Å²) in [6.45, 7) is 3.88. The fraction of sp³-hybridized carbons (Fsp3) is 0.154. The summed E-state index contributed by atoms with van der Waals surface area (Å²) in [5.74, 6) is 7.03. The van der Waals surface area contributed by atoms with E-state index in [1.807, 2.05) is 32.0 Å². The molecule has 4 nitrogen and oxygen atoms in total. The highest BCUT2D eigenvalue weighted by atomic mass is 35.5. The normalized spacial score (nSPS) is 10.2. The Morgan fingerprint density at radius 1 is 1.22 bits per heavy atom. The van der Waals surface area contributed by atoms with E-state index in [4.69, 9.17) is 22.2 Å². The summed E-state index contributed by atoms with van der Waals surface area (Å²) in [6.07, 6.45) is 0. The second kappa shape index (κ2) is 5.25. The van der Waals surface area contributed by atoms with Crippen LogP contribution in [0.25, 0.3) is 0 Å². The number of halogens is 1. The third-order valence-electron chi connectivity index (χ3n) is 2.50. The second-order valence-electron chi connectivity index (χ2n) is 3.98. The molecule has 1 heterocycles. The van der Waals surface area contributed by atoms with Gasteiger partial charge in [-0.1, -0.05) is 17.7 Å². The second-order valence-corrected chi connectivity index (χ2v) is 4.36. The zero-order valence-electron chi connectivity index (χ0n) is 10.2. The van der Waals surface area contributed by atoms with Crippen LogP contribution < -0.4 is 16.0 Å². The molecule has 0 spiro atoms. The number of aryl methyl sites for hydroxylation is 2. The SMILES string of the molecule is Cc1cc(Oc2cccc(NN)n2)cc(C)c1Cl. The van der Waals surface area contributed by atoms with Crippen LogP contribution in [0.15, 0.2) is 30.3 Å². The summed E-state index contributed by atoms with van der Waals surface area (Å²) < 4.78 is 5.67. The molecule has 0 radical (unpaired) electrons. The lowest BCUT2D eigenvalue weighted by molar-refractivity contribution is 0.463. The minimum absolute atomic E-state index is 0.478. The number of nitrogen functional groups attached to an aromatic ring is 1. The number of ether oxygens (including phenoxy) is 1. The first-order chi connectivity index (χ1) is 8.60. The molecular formula is C13H14ClN3O. The van der Waals surface area contributed by atoms with Crippen molar-refractivity contribution in [2.45, 2.75) is 13.8 Å². The molecule has 0 fully saturated rings. The van der Waals surface area contributed by atoms with Gasteiger partial charge in [-0.2, -0.15) is 4.98 Å². The molecule has 0 aliphatic rings. The highest BCUT2D eigenvalue weighted by Gasteiger charge is 2.05. The molecule has 1 aromatic heterocycles. The summed E-state index contributed by atoms with van der Waals surface area (Å²) in [7, 11) is 0. The van der Waals surface area contributed by atoms with Crippen LogP contribution in [-0.2, 0) is 0 Å². The van der Waals surface area contributed by atoms with E-state index in [2.05, 4.69) is 10.4 Å². The van der Waals surface area contributed by atoms with E-state index in [1.165, 1.54) is 0 Å². The first-order valence-corrected chi connectivity index (χ1v) is 5.86. The van der Waals surface area contributed by atoms with Gasteiger partial charge in [0.1, 0.15) is 11.6 Å². The van der Waals surface area contributed by atoms with Crippen molar-refractivity contribution in [3.8, 4) is 11.6 Å². The van der Waals surface area contributed by atoms with E-state index in [1.54, 1.807) is 12.1 Å². The Hall–Kier alpha value is -1.78. The molecule has 18 heavy (non-hydrogen) atoms. The number of benzene rings is 1. The summed E-state index contributed by atoms with van der Waals surface area (Å²) in [6, 6.07) is 9.08. The van der Waals surface area contributed by atoms with Crippen molar-refractivity contribution >= 4 is 17.4 Å². The molecule has 0 aliphatic carbocycles. The average Bonchev–Trinajstić information content (AvgIpc) is 2.36. The van der Waals surface area contributed by atoms with Crippen molar-refractivity contribution in [2.75, 3.05) is 5.43 Å². The van der Waals surface area contributed by atoms with E-state index in [9.17, 15) is 0 Å². The van der Waals surface area contributed by atoms with Crippen LogP contribution in [-0.4, -0.2) is 4.98 Å². The van der Waals surface area contributed by atoms with Crippen LogP contribution in [0, 0.1) is 13.8 Å². The van der Waals surface area contributed by atoms with Crippen LogP contribution in [0.5, 0.6) is 11.6 Å². The highest BCUT2D eigenvalue weighted by molar-refractivity contribution is 6.32. The van der Waals surface area contributed by atoms with Gasteiger partial charge in [-0.25, -0.2) is 5.84 Å². The molecule has 3 N–H and O–H groups in total. The van der Waals surface area contributed by atoms with Gasteiger partial charge < -0.3 is 10.2 Å². The summed E-state index contributed by atoms with van der Waals surface area (Å²) in [5.41, 5.74) is 4.42. The first kappa shape index (κ1) is 12.7. The molecule has 0 saturated heterocycles. The molecule has 94 valence electrons. The van der Waals surface area contributed by atoms with E-state index in [-0.39, 0.29) is 0 Å². The lowest BCUT2D eigenvalue weighted by atomic mass is 10.1. The topological polar surface area (TPSA) is 60.2 Å². The number of hydrazine groups is 1. The molecule has 1 aromatic carbocycles. The number of nitrogens with zero attached hydrogens (tertiary/aromatic N) is 1. The molecule has 0 saturated carbocycles. The number of rotatable bonds is 3. The molecule has 0 aliphatic heterocycles. The van der Waals surface area contributed by atoms with Gasteiger partial charge >= 0.3 is 0 Å². The number of nitrogens with two attached hydrogens (primary N) is 1. The van der Waals surface area contributed by atoms with Crippen LogP contribution in [0.3, 0.4) is 0 Å². The Balaban J connectivity index is 2.28. The van der Waals surface area contributed by atoms with Gasteiger partial charge in [0.15, 0.2) is 0 Å². The number of hydrogen-bond acceptors (Lipinski definition) is 4. The van der Waals surface area contributed by atoms with Crippen molar-refractivity contribution in [2.24, 2.45) is 5.84 Å². The van der Waals surface area contributed by atoms with Crippen molar-refractivity contribution in [3.05, 3.63) is 46.5 Å². The quantitative estimate of drug-likeness (QED) is 0.658. The summed E-state index contributed by atoms with van der Waals surface area (Å²) in [4.78, 5) is 4.18. The van der Waals surface area contributed by atoms with E-state index < -0.39 is 0 Å². The van der Waals surface area contributed by atoms with Crippen molar-refractivity contribution in [3.63, 3.8) is 0 Å². The summed E-state index contributed by atoms with van der Waals surface area (Å²) in [5, 5.41) is 0.757. The average molecular weight is 264 g/mol. The number of pyridine rings is 1. The van der Waals surface area contributed by atoms with Crippen LogP contribution in [0.4, 0.5) is 5.82 Å². The van der Waals surface area contributed by atoms with Gasteiger partial charge in [0, 0.05) is 11.1 Å². The number of hydrogen-bond donors (Lipinski definition) is 2. The Morgan fingerprint density at radius 2 is 1.89 bits per heavy atom. The zero-order valence-corrected chi connectivity index (χ0v) is 11.0. The number of anilines is 1. The Labute approximate surface area is 111 Å². The molecule has 0 bridgehead atoms. The summed E-state index contributed by atoms with van der Waals surface area (Å²) >= 11 is 6.10. The molecule has 0 atom stereocenters. The minimum atomic E-state index is 0.478. The van der Waals surface area contributed by atoms with E-state index >= 15 is 0 Å². The minimum Gasteiger partial charge on any atom is -0.439 e. The predicted octanol–water partition coefficient (Wildman–Crippen LogP) is 3.43. The third kappa shape index (κ3) is 2.72. The van der Waals surface area contributed by atoms with Crippen molar-refractivity contribution < 1.29 is 4.74 Å². The van der Waals surface area contributed by atoms with Gasteiger partial charge in [0.05, 0.1) is 0 Å². The first-order valence-electron chi connectivity index (χ1n) is 5.48. The largest absolute Gasteiger partial charge is 0.439 e. The third-order valence-corrected chi connectivity index (χ3v) is 3.10. The van der Waals surface area contributed by atoms with Gasteiger partial charge in [0.25, 0.3) is 0 Å². The maximum atomic E-state index is 6.10. The fourth-order valence-electron chi connectivity index (χ4n) is 1.64. The predicted molar refractivity (Wildman–Crippen MR) is 73.0 cm³/mol. The Morgan fingerprint density at radius 3 is 2.50 bits per heavy atom. The van der Waals surface area contributed by atoms with Crippen molar-refractivity contribution in [1.29, 1.82) is 0 Å². The van der Waals surface area contributed by atoms with Crippen molar-refractivity contribution in [1.82, 2.24) is 4.98 Å². The van der Waals surface area contributed by atoms with Gasteiger partial charge in [-0.15, -0.1) is 0 Å². The lowest BCUT2D eigenvalue weighted by Crippen LogP contribution is -2.08. The zero-order chi connectivity index (χ0) is 13.1. The monoisotopic (exact) mass is 263 g/mol.